The van der Waals surface area contributed by atoms with Crippen molar-refractivity contribution in [3.05, 3.63) is 62.5 Å². The molecule has 7 heteroatoms. The van der Waals surface area contributed by atoms with Crippen molar-refractivity contribution in [2.24, 2.45) is 5.16 Å². The van der Waals surface area contributed by atoms with Crippen molar-refractivity contribution in [3.8, 4) is 5.75 Å². The Morgan fingerprint density at radius 1 is 1.12 bits per heavy atom. The molecule has 0 aliphatic heterocycles. The zero-order valence-corrected chi connectivity index (χ0v) is 16.0. The average molecular weight is 457 g/mol. The van der Waals surface area contributed by atoms with Gasteiger partial charge in [0.05, 0.1) is 16.1 Å². The topological polar surface area (TPSA) is 68.1 Å². The van der Waals surface area contributed by atoms with Crippen LogP contribution < -0.4 is 4.74 Å². The second-order valence-electron chi connectivity index (χ2n) is 4.87. The van der Waals surface area contributed by atoms with E-state index in [2.05, 4.69) is 37.0 Å². The Kier molecular flexibility index (Phi) is 6.81. The highest BCUT2D eigenvalue weighted by atomic mass is 79.9. The number of ether oxygens (including phenoxy) is 1. The Morgan fingerprint density at radius 2 is 1.75 bits per heavy atom. The van der Waals surface area contributed by atoms with E-state index in [9.17, 15) is 9.90 Å². The Balaban J connectivity index is 2.11. The van der Waals surface area contributed by atoms with Crippen molar-refractivity contribution in [1.82, 2.24) is 0 Å². The van der Waals surface area contributed by atoms with E-state index in [0.29, 0.717) is 5.75 Å². The maximum absolute atomic E-state index is 11.4. The van der Waals surface area contributed by atoms with E-state index >= 15 is 0 Å². The Bertz CT molecular complexity index is 725. The van der Waals surface area contributed by atoms with Crippen LogP contribution in [0.4, 0.5) is 0 Å². The zero-order chi connectivity index (χ0) is 17.5. The lowest BCUT2D eigenvalue weighted by molar-refractivity contribution is -0.129. The quantitative estimate of drug-likeness (QED) is 0.494. The highest BCUT2D eigenvalue weighted by Gasteiger charge is 2.15. The van der Waals surface area contributed by atoms with E-state index in [4.69, 9.17) is 9.57 Å². The standard InChI is InChI=1S/C17H15Br2NO4/c1-23-16-13(18)7-12(8-14(16)19)9-15(17(21)22)20-24-10-11-5-3-2-4-6-11/h2-8H,9-10H2,1H3,(H,21,22)/b20-15+. The van der Waals surface area contributed by atoms with Crippen LogP contribution in [0.3, 0.4) is 0 Å². The van der Waals surface area contributed by atoms with E-state index in [1.807, 2.05) is 30.3 Å². The van der Waals surface area contributed by atoms with Gasteiger partial charge in [0, 0.05) is 6.42 Å². The minimum atomic E-state index is -1.12. The van der Waals surface area contributed by atoms with Gasteiger partial charge in [0.2, 0.25) is 0 Å². The second-order valence-corrected chi connectivity index (χ2v) is 6.58. The lowest BCUT2D eigenvalue weighted by Gasteiger charge is -2.09. The molecule has 0 unspecified atom stereocenters. The van der Waals surface area contributed by atoms with Gasteiger partial charge in [-0.2, -0.15) is 0 Å². The summed E-state index contributed by atoms with van der Waals surface area (Å²) in [5, 5.41) is 13.1. The van der Waals surface area contributed by atoms with Gasteiger partial charge in [0.25, 0.3) is 0 Å². The first-order chi connectivity index (χ1) is 11.5. The third kappa shape index (κ3) is 5.07. The number of carboxylic acid groups (broad SMARTS) is 1. The number of hydrogen-bond donors (Lipinski definition) is 1. The summed E-state index contributed by atoms with van der Waals surface area (Å²) in [7, 11) is 1.56. The smallest absolute Gasteiger partial charge is 0.354 e. The molecule has 0 amide bonds. The normalized spacial score (nSPS) is 11.2. The predicted octanol–water partition coefficient (Wildman–Crippen LogP) is 4.42. The monoisotopic (exact) mass is 455 g/mol. The average Bonchev–Trinajstić information content (AvgIpc) is 2.54. The van der Waals surface area contributed by atoms with Crippen LogP contribution in [0.5, 0.6) is 5.75 Å². The highest BCUT2D eigenvalue weighted by Crippen LogP contribution is 2.34. The summed E-state index contributed by atoms with van der Waals surface area (Å²) in [6.07, 6.45) is 0.130. The number of hydrogen-bond acceptors (Lipinski definition) is 4. The van der Waals surface area contributed by atoms with Crippen LogP contribution in [-0.4, -0.2) is 23.9 Å². The van der Waals surface area contributed by atoms with Gasteiger partial charge in [-0.15, -0.1) is 0 Å². The van der Waals surface area contributed by atoms with Crippen molar-refractivity contribution >= 4 is 43.5 Å². The number of benzene rings is 2. The molecule has 0 aromatic heterocycles. The summed E-state index contributed by atoms with van der Waals surface area (Å²) < 4.78 is 6.68. The molecular weight excluding hydrogens is 442 g/mol. The van der Waals surface area contributed by atoms with Crippen molar-refractivity contribution in [3.63, 3.8) is 0 Å². The van der Waals surface area contributed by atoms with E-state index < -0.39 is 5.97 Å². The van der Waals surface area contributed by atoms with Gasteiger partial charge in [-0.1, -0.05) is 35.5 Å². The molecule has 0 fully saturated rings. The molecule has 0 spiro atoms. The summed E-state index contributed by atoms with van der Waals surface area (Å²) in [6.45, 7) is 0.216. The molecule has 0 heterocycles. The number of aliphatic carboxylic acids is 1. The molecule has 5 nitrogen and oxygen atoms in total. The summed E-state index contributed by atoms with van der Waals surface area (Å²) in [5.41, 5.74) is 1.61. The second kappa shape index (κ2) is 8.84. The molecule has 0 saturated carbocycles. The van der Waals surface area contributed by atoms with Gasteiger partial charge in [-0.05, 0) is 55.1 Å². The summed E-state index contributed by atoms with van der Waals surface area (Å²) in [5.74, 6) is -0.473. The minimum Gasteiger partial charge on any atom is -0.494 e. The molecule has 126 valence electrons. The summed E-state index contributed by atoms with van der Waals surface area (Å²) in [4.78, 5) is 16.6. The third-order valence-electron chi connectivity index (χ3n) is 3.13. The lowest BCUT2D eigenvalue weighted by atomic mass is 10.1. The highest BCUT2D eigenvalue weighted by molar-refractivity contribution is 9.11. The van der Waals surface area contributed by atoms with Crippen molar-refractivity contribution in [2.75, 3.05) is 7.11 Å². The van der Waals surface area contributed by atoms with Gasteiger partial charge >= 0.3 is 5.97 Å². The van der Waals surface area contributed by atoms with Crippen molar-refractivity contribution < 1.29 is 19.5 Å². The molecule has 0 atom stereocenters. The predicted molar refractivity (Wildman–Crippen MR) is 98.4 cm³/mol. The fraction of sp³-hybridized carbons (Fsp3) is 0.176. The van der Waals surface area contributed by atoms with E-state index in [0.717, 1.165) is 20.1 Å². The number of nitrogens with zero attached hydrogens (tertiary/aromatic N) is 1. The summed E-state index contributed by atoms with van der Waals surface area (Å²) in [6, 6.07) is 13.0. The van der Waals surface area contributed by atoms with Gasteiger partial charge in [0.1, 0.15) is 12.4 Å². The van der Waals surface area contributed by atoms with Crippen LogP contribution in [0.2, 0.25) is 0 Å². The number of carbonyl (C=O) groups is 1. The van der Waals surface area contributed by atoms with Crippen LogP contribution in [0.25, 0.3) is 0 Å². The Morgan fingerprint density at radius 3 is 2.29 bits per heavy atom. The zero-order valence-electron chi connectivity index (χ0n) is 12.8. The molecule has 1 N–H and O–H groups in total. The maximum Gasteiger partial charge on any atom is 0.354 e. The molecule has 2 aromatic carbocycles. The van der Waals surface area contributed by atoms with Crippen molar-refractivity contribution in [1.29, 1.82) is 0 Å². The lowest BCUT2D eigenvalue weighted by Crippen LogP contribution is -2.16. The number of carboxylic acids is 1. The van der Waals surface area contributed by atoms with E-state index in [1.54, 1.807) is 19.2 Å². The minimum absolute atomic E-state index is 0.0742. The number of halogens is 2. The number of oxime groups is 1. The van der Waals surface area contributed by atoms with Crippen LogP contribution in [0.1, 0.15) is 11.1 Å². The third-order valence-corrected chi connectivity index (χ3v) is 4.31. The maximum atomic E-state index is 11.4. The molecular formula is C17H15Br2NO4. The SMILES string of the molecule is COc1c(Br)cc(C/C(=N\OCc2ccccc2)C(=O)O)cc1Br. The van der Waals surface area contributed by atoms with E-state index in [1.165, 1.54) is 0 Å². The van der Waals surface area contributed by atoms with Gasteiger partial charge in [0.15, 0.2) is 5.71 Å². The van der Waals surface area contributed by atoms with Gasteiger partial charge in [-0.25, -0.2) is 4.79 Å². The Hall–Kier alpha value is -1.86. The first kappa shape index (κ1) is 18.5. The first-order valence-electron chi connectivity index (χ1n) is 6.99. The van der Waals surface area contributed by atoms with Gasteiger partial charge < -0.3 is 14.7 Å². The van der Waals surface area contributed by atoms with Gasteiger partial charge in [-0.3, -0.25) is 0 Å². The molecule has 0 saturated heterocycles. The molecule has 0 aliphatic carbocycles. The Labute approximate surface area is 156 Å². The molecule has 0 bridgehead atoms. The van der Waals surface area contributed by atoms with E-state index in [-0.39, 0.29) is 18.7 Å². The van der Waals surface area contributed by atoms with Crippen LogP contribution >= 0.6 is 31.9 Å². The fourth-order valence-electron chi connectivity index (χ4n) is 2.01. The summed E-state index contributed by atoms with van der Waals surface area (Å²) >= 11 is 6.79. The van der Waals surface area contributed by atoms with Crippen LogP contribution in [0.15, 0.2) is 56.6 Å². The number of rotatable bonds is 7. The number of methoxy groups -OCH3 is 1. The largest absolute Gasteiger partial charge is 0.494 e. The fourth-order valence-corrected chi connectivity index (χ4v) is 3.61. The molecule has 24 heavy (non-hydrogen) atoms. The first-order valence-corrected chi connectivity index (χ1v) is 8.57. The van der Waals surface area contributed by atoms with Crippen molar-refractivity contribution in [2.45, 2.75) is 13.0 Å². The molecule has 2 aromatic rings. The molecule has 0 aliphatic rings. The van der Waals surface area contributed by atoms with Crippen LogP contribution in [-0.2, 0) is 22.7 Å². The molecule has 2 rings (SSSR count). The molecule has 0 radical (unpaired) electrons. The van der Waals surface area contributed by atoms with Crippen LogP contribution in [0, 0.1) is 0 Å².